The number of urea groups is 1. The van der Waals surface area contributed by atoms with Gasteiger partial charge < -0.3 is 5.73 Å². The molecule has 12 heavy (non-hydrogen) atoms. The quantitative estimate of drug-likeness (QED) is 0.712. The summed E-state index contributed by atoms with van der Waals surface area (Å²) in [5, 5.41) is 0.450. The number of primary amides is 1. The Morgan fingerprint density at radius 3 is 2.58 bits per heavy atom. The second-order valence-corrected chi connectivity index (χ2v) is 2.62. The third-order valence-corrected chi connectivity index (χ3v) is 1.73. The van der Waals surface area contributed by atoms with Gasteiger partial charge in [-0.1, -0.05) is 23.7 Å². The number of rotatable bonds is 1. The van der Waals surface area contributed by atoms with E-state index in [9.17, 15) is 4.79 Å². The van der Waals surface area contributed by atoms with Gasteiger partial charge in [0.25, 0.3) is 0 Å². The van der Waals surface area contributed by atoms with Crippen LogP contribution >= 0.6 is 11.6 Å². The highest BCUT2D eigenvalue weighted by Crippen LogP contribution is 2.23. The summed E-state index contributed by atoms with van der Waals surface area (Å²) in [5.41, 5.74) is 5.51. The minimum absolute atomic E-state index is 0.450. The van der Waals surface area contributed by atoms with E-state index >= 15 is 0 Å². The molecule has 0 aromatic heterocycles. The molecule has 0 saturated heterocycles. The molecule has 2 amide bonds. The van der Waals surface area contributed by atoms with Crippen LogP contribution in [0.2, 0.25) is 5.02 Å². The summed E-state index contributed by atoms with van der Waals surface area (Å²) in [6.45, 7) is 0. The van der Waals surface area contributed by atoms with Crippen LogP contribution in [0, 0.1) is 7.05 Å². The fourth-order valence-corrected chi connectivity index (χ4v) is 1.03. The predicted octanol–water partition coefficient (Wildman–Crippen LogP) is 2.02. The first kappa shape index (κ1) is 8.87. The Hall–Kier alpha value is -1.22. The first-order chi connectivity index (χ1) is 5.63. The Balaban J connectivity index is 3.02. The molecule has 0 spiro atoms. The van der Waals surface area contributed by atoms with Gasteiger partial charge in [-0.25, -0.2) is 4.79 Å². The number of hydrogen-bond acceptors (Lipinski definition) is 1. The first-order valence-corrected chi connectivity index (χ1v) is 3.65. The molecule has 0 saturated carbocycles. The van der Waals surface area contributed by atoms with Gasteiger partial charge in [0.1, 0.15) is 0 Å². The van der Waals surface area contributed by atoms with Gasteiger partial charge in [0, 0.05) is 7.05 Å². The fraction of sp³-hybridized carbons (Fsp3) is 0. The maximum Gasteiger partial charge on any atom is 0.319 e. The van der Waals surface area contributed by atoms with Gasteiger partial charge in [0.2, 0.25) is 0 Å². The molecule has 0 heterocycles. The Morgan fingerprint density at radius 2 is 2.08 bits per heavy atom. The van der Waals surface area contributed by atoms with Crippen molar-refractivity contribution < 1.29 is 4.79 Å². The largest absolute Gasteiger partial charge is 0.351 e. The normalized spacial score (nSPS) is 9.50. The molecule has 0 fully saturated rings. The average molecular weight is 184 g/mol. The van der Waals surface area contributed by atoms with E-state index in [2.05, 4.69) is 7.05 Å². The van der Waals surface area contributed by atoms with Crippen LogP contribution in [0.25, 0.3) is 0 Å². The SMILES string of the molecule is [CH2]N(C(N)=O)c1ccccc1Cl. The number of carbonyl (C=O) groups excluding carboxylic acids is 1. The van der Waals surface area contributed by atoms with Gasteiger partial charge in [-0.05, 0) is 12.1 Å². The van der Waals surface area contributed by atoms with Crippen molar-refractivity contribution in [2.75, 3.05) is 4.90 Å². The molecule has 1 rings (SSSR count). The van der Waals surface area contributed by atoms with Gasteiger partial charge in [-0.2, -0.15) is 0 Å². The zero-order valence-corrected chi connectivity index (χ0v) is 7.08. The third-order valence-electron chi connectivity index (χ3n) is 1.41. The minimum atomic E-state index is -0.636. The lowest BCUT2D eigenvalue weighted by Crippen LogP contribution is -2.29. The van der Waals surface area contributed by atoms with Gasteiger partial charge in [0.15, 0.2) is 0 Å². The highest BCUT2D eigenvalue weighted by molar-refractivity contribution is 6.33. The molecule has 0 aliphatic heterocycles. The molecule has 0 unspecified atom stereocenters. The van der Waals surface area contributed by atoms with E-state index in [1.54, 1.807) is 24.3 Å². The molecule has 63 valence electrons. The number of halogens is 1. The molecule has 0 atom stereocenters. The number of nitrogens with zero attached hydrogens (tertiary/aromatic N) is 1. The van der Waals surface area contributed by atoms with E-state index in [1.165, 1.54) is 0 Å². The Morgan fingerprint density at radius 1 is 1.50 bits per heavy atom. The average Bonchev–Trinajstić information content (AvgIpc) is 2.04. The van der Waals surface area contributed by atoms with Crippen molar-refractivity contribution >= 4 is 23.3 Å². The molecule has 4 heteroatoms. The van der Waals surface area contributed by atoms with Gasteiger partial charge in [0.05, 0.1) is 10.7 Å². The maximum atomic E-state index is 10.7. The lowest BCUT2D eigenvalue weighted by molar-refractivity contribution is 0.255. The highest BCUT2D eigenvalue weighted by atomic mass is 35.5. The molecule has 1 radical (unpaired) electrons. The summed E-state index contributed by atoms with van der Waals surface area (Å²) < 4.78 is 0. The molecule has 0 aliphatic carbocycles. The summed E-state index contributed by atoms with van der Waals surface area (Å²) in [7, 11) is 3.44. The van der Waals surface area contributed by atoms with E-state index in [0.29, 0.717) is 10.7 Å². The van der Waals surface area contributed by atoms with Crippen molar-refractivity contribution in [3.63, 3.8) is 0 Å². The van der Waals surface area contributed by atoms with Crippen molar-refractivity contribution in [3.8, 4) is 0 Å². The third kappa shape index (κ3) is 1.68. The summed E-state index contributed by atoms with van der Waals surface area (Å²) >= 11 is 5.77. The zero-order chi connectivity index (χ0) is 9.14. The smallest absolute Gasteiger partial charge is 0.319 e. The lowest BCUT2D eigenvalue weighted by atomic mass is 10.3. The molecule has 3 nitrogen and oxygen atoms in total. The zero-order valence-electron chi connectivity index (χ0n) is 6.33. The van der Waals surface area contributed by atoms with E-state index in [1.807, 2.05) is 0 Å². The second kappa shape index (κ2) is 3.45. The standard InChI is InChI=1S/C8H8ClN2O/c1-11(8(10)12)7-5-3-2-4-6(7)9/h2-5H,1H2,(H2,10,12). The first-order valence-electron chi connectivity index (χ1n) is 3.27. The van der Waals surface area contributed by atoms with Crippen molar-refractivity contribution in [1.29, 1.82) is 0 Å². The Kier molecular flexibility index (Phi) is 2.55. The van der Waals surface area contributed by atoms with E-state index in [4.69, 9.17) is 17.3 Å². The van der Waals surface area contributed by atoms with Crippen LogP contribution in [-0.4, -0.2) is 6.03 Å². The van der Waals surface area contributed by atoms with Crippen LogP contribution in [-0.2, 0) is 0 Å². The highest BCUT2D eigenvalue weighted by Gasteiger charge is 2.08. The van der Waals surface area contributed by atoms with Crippen molar-refractivity contribution in [2.45, 2.75) is 0 Å². The van der Waals surface area contributed by atoms with E-state index in [-0.39, 0.29) is 0 Å². The van der Waals surface area contributed by atoms with Crippen LogP contribution in [0.4, 0.5) is 10.5 Å². The Labute approximate surface area is 75.7 Å². The molecule has 1 aromatic carbocycles. The minimum Gasteiger partial charge on any atom is -0.351 e. The molecule has 0 bridgehead atoms. The fourth-order valence-electron chi connectivity index (χ4n) is 0.789. The van der Waals surface area contributed by atoms with Gasteiger partial charge in [-0.15, -0.1) is 0 Å². The molecule has 2 N–H and O–H groups in total. The number of anilines is 1. The monoisotopic (exact) mass is 183 g/mol. The van der Waals surface area contributed by atoms with Gasteiger partial charge >= 0.3 is 6.03 Å². The second-order valence-electron chi connectivity index (χ2n) is 2.22. The maximum absolute atomic E-state index is 10.7. The van der Waals surface area contributed by atoms with Gasteiger partial charge in [-0.3, -0.25) is 4.90 Å². The van der Waals surface area contributed by atoms with E-state index < -0.39 is 6.03 Å². The summed E-state index contributed by atoms with van der Waals surface area (Å²) in [5.74, 6) is 0. The van der Waals surface area contributed by atoms with Crippen molar-refractivity contribution in [3.05, 3.63) is 36.3 Å². The lowest BCUT2D eigenvalue weighted by Gasteiger charge is -2.14. The summed E-state index contributed by atoms with van der Waals surface area (Å²) in [6.07, 6.45) is 0. The summed E-state index contributed by atoms with van der Waals surface area (Å²) in [6, 6.07) is 6.21. The summed E-state index contributed by atoms with van der Waals surface area (Å²) in [4.78, 5) is 11.7. The molecular formula is C8H8ClN2O. The number of carbonyl (C=O) groups is 1. The van der Waals surface area contributed by atoms with Crippen molar-refractivity contribution in [2.24, 2.45) is 5.73 Å². The molecular weight excluding hydrogens is 176 g/mol. The van der Waals surface area contributed by atoms with Crippen LogP contribution in [0.3, 0.4) is 0 Å². The number of hydrogen-bond donors (Lipinski definition) is 1. The van der Waals surface area contributed by atoms with Crippen LogP contribution < -0.4 is 10.6 Å². The number of para-hydroxylation sites is 1. The van der Waals surface area contributed by atoms with Crippen LogP contribution in [0.5, 0.6) is 0 Å². The van der Waals surface area contributed by atoms with Crippen LogP contribution in [0.1, 0.15) is 0 Å². The van der Waals surface area contributed by atoms with E-state index in [0.717, 1.165) is 4.90 Å². The molecule has 0 aliphatic rings. The topological polar surface area (TPSA) is 46.3 Å². The number of nitrogens with two attached hydrogens (primary N) is 1. The van der Waals surface area contributed by atoms with Crippen molar-refractivity contribution in [1.82, 2.24) is 0 Å². The molecule has 1 aromatic rings. The Bertz CT molecular complexity index is 301. The van der Waals surface area contributed by atoms with Crippen LogP contribution in [0.15, 0.2) is 24.3 Å². The number of amides is 2. The number of benzene rings is 1. The predicted molar refractivity (Wildman–Crippen MR) is 48.9 cm³/mol.